The van der Waals surface area contributed by atoms with Gasteiger partial charge in [-0.1, -0.05) is 11.6 Å². The molecule has 0 aliphatic carbocycles. The number of rotatable bonds is 5. The third-order valence-electron chi connectivity index (χ3n) is 4.22. The van der Waals surface area contributed by atoms with Gasteiger partial charge in [0.15, 0.2) is 5.96 Å². The van der Waals surface area contributed by atoms with E-state index in [1.165, 1.54) is 19.4 Å². The first-order valence-electron chi connectivity index (χ1n) is 8.14. The number of nitrogens with one attached hydrogen (secondary N) is 1. The van der Waals surface area contributed by atoms with E-state index in [0.717, 1.165) is 18.8 Å². The molecule has 1 aliphatic rings. The van der Waals surface area contributed by atoms with Crippen LogP contribution in [0.4, 0.5) is 5.69 Å². The fraction of sp³-hybridized carbons (Fsp3) is 0.588. The quantitative estimate of drug-likeness (QED) is 0.393. The van der Waals surface area contributed by atoms with Gasteiger partial charge in [-0.15, -0.1) is 24.0 Å². The predicted molar refractivity (Wildman–Crippen MR) is 113 cm³/mol. The number of anilines is 1. The van der Waals surface area contributed by atoms with Crippen LogP contribution in [0, 0.1) is 5.92 Å². The topological polar surface area (TPSA) is 62.9 Å². The second-order valence-corrected chi connectivity index (χ2v) is 6.70. The van der Waals surface area contributed by atoms with E-state index >= 15 is 0 Å². The standard InChI is InChI=1S/C17H27ClN4O.HI/c1-12(2)22-8-4-5-13(11-22)10-20-17(19)21-14-6-7-16(23-3)15(18)9-14;/h6-7,9,12-13H,4-5,8,10-11H2,1-3H3,(H3,19,20,21);1H. The molecule has 0 amide bonds. The minimum atomic E-state index is 0. The van der Waals surface area contributed by atoms with Gasteiger partial charge in [-0.2, -0.15) is 0 Å². The summed E-state index contributed by atoms with van der Waals surface area (Å²) in [6.07, 6.45) is 2.45. The van der Waals surface area contributed by atoms with Crippen molar-refractivity contribution in [3.63, 3.8) is 0 Å². The largest absolute Gasteiger partial charge is 0.495 e. The van der Waals surface area contributed by atoms with Crippen LogP contribution < -0.4 is 15.8 Å². The van der Waals surface area contributed by atoms with Crippen LogP contribution in [0.3, 0.4) is 0 Å². The number of methoxy groups -OCH3 is 1. The number of hydrogen-bond acceptors (Lipinski definition) is 3. The molecule has 0 bridgehead atoms. The summed E-state index contributed by atoms with van der Waals surface area (Å²) in [4.78, 5) is 7.00. The molecule has 1 atom stereocenters. The number of hydrogen-bond donors (Lipinski definition) is 2. The van der Waals surface area contributed by atoms with Crippen LogP contribution >= 0.6 is 35.6 Å². The molecule has 0 spiro atoms. The number of nitrogens with zero attached hydrogens (tertiary/aromatic N) is 2. The monoisotopic (exact) mass is 466 g/mol. The maximum Gasteiger partial charge on any atom is 0.193 e. The van der Waals surface area contributed by atoms with Crippen molar-refractivity contribution in [1.29, 1.82) is 0 Å². The maximum absolute atomic E-state index is 6.11. The molecule has 1 aliphatic heterocycles. The molecule has 1 heterocycles. The van der Waals surface area contributed by atoms with Gasteiger partial charge in [-0.25, -0.2) is 0 Å². The van der Waals surface area contributed by atoms with Gasteiger partial charge in [-0.3, -0.25) is 4.99 Å². The summed E-state index contributed by atoms with van der Waals surface area (Å²) in [5, 5.41) is 3.63. The number of nitrogens with two attached hydrogens (primary N) is 1. The molecule has 2 rings (SSSR count). The van der Waals surface area contributed by atoms with Crippen LogP contribution in [0.1, 0.15) is 26.7 Å². The van der Waals surface area contributed by atoms with Crippen molar-refractivity contribution in [2.45, 2.75) is 32.7 Å². The molecule has 1 unspecified atom stereocenters. The highest BCUT2D eigenvalue weighted by atomic mass is 127. The smallest absolute Gasteiger partial charge is 0.193 e. The van der Waals surface area contributed by atoms with Crippen LogP contribution in [0.15, 0.2) is 23.2 Å². The van der Waals surface area contributed by atoms with Gasteiger partial charge in [-0.05, 0) is 57.4 Å². The van der Waals surface area contributed by atoms with Crippen molar-refractivity contribution in [3.8, 4) is 5.75 Å². The first-order chi connectivity index (χ1) is 11.0. The molecule has 7 heteroatoms. The highest BCUT2D eigenvalue weighted by Gasteiger charge is 2.21. The molecule has 0 radical (unpaired) electrons. The van der Waals surface area contributed by atoms with Crippen molar-refractivity contribution in [1.82, 2.24) is 4.90 Å². The van der Waals surface area contributed by atoms with Crippen molar-refractivity contribution in [2.24, 2.45) is 16.6 Å². The summed E-state index contributed by atoms with van der Waals surface area (Å²) < 4.78 is 5.14. The minimum Gasteiger partial charge on any atom is -0.495 e. The molecular weight excluding hydrogens is 439 g/mol. The highest BCUT2D eigenvalue weighted by molar-refractivity contribution is 14.0. The second-order valence-electron chi connectivity index (χ2n) is 6.30. The van der Waals surface area contributed by atoms with Gasteiger partial charge in [0.05, 0.1) is 12.1 Å². The Morgan fingerprint density at radius 3 is 2.88 bits per heavy atom. The Balaban J connectivity index is 0.00000288. The van der Waals surface area contributed by atoms with Crippen molar-refractivity contribution in [3.05, 3.63) is 23.2 Å². The zero-order chi connectivity index (χ0) is 16.8. The molecule has 1 fully saturated rings. The van der Waals surface area contributed by atoms with Gasteiger partial charge >= 0.3 is 0 Å². The summed E-state index contributed by atoms with van der Waals surface area (Å²) in [7, 11) is 1.59. The van der Waals surface area contributed by atoms with E-state index in [1.807, 2.05) is 6.07 Å². The molecule has 1 saturated heterocycles. The van der Waals surface area contributed by atoms with E-state index in [-0.39, 0.29) is 24.0 Å². The summed E-state index contributed by atoms with van der Waals surface area (Å²) >= 11 is 6.11. The Kier molecular flexibility index (Phi) is 9.15. The van der Waals surface area contributed by atoms with Crippen LogP contribution in [0.25, 0.3) is 0 Å². The molecule has 24 heavy (non-hydrogen) atoms. The summed E-state index contributed by atoms with van der Waals surface area (Å²) in [5.41, 5.74) is 6.80. The molecule has 0 saturated carbocycles. The molecule has 0 aromatic heterocycles. The normalized spacial score (nSPS) is 19.0. The van der Waals surface area contributed by atoms with Gasteiger partial charge in [0.1, 0.15) is 5.75 Å². The number of benzene rings is 1. The Morgan fingerprint density at radius 1 is 1.50 bits per heavy atom. The van der Waals surface area contributed by atoms with Crippen LogP contribution in [0.5, 0.6) is 5.75 Å². The van der Waals surface area contributed by atoms with Crippen LogP contribution in [-0.2, 0) is 0 Å². The predicted octanol–water partition coefficient (Wildman–Crippen LogP) is 3.81. The number of ether oxygens (including phenoxy) is 1. The molecule has 3 N–H and O–H groups in total. The Morgan fingerprint density at radius 2 is 2.25 bits per heavy atom. The lowest BCUT2D eigenvalue weighted by Crippen LogP contribution is -2.41. The van der Waals surface area contributed by atoms with Crippen molar-refractivity contribution in [2.75, 3.05) is 32.1 Å². The SMILES string of the molecule is COc1ccc(NC(N)=NCC2CCCN(C(C)C)C2)cc1Cl.I. The second kappa shape index (κ2) is 10.3. The van der Waals surface area contributed by atoms with E-state index in [2.05, 4.69) is 29.1 Å². The highest BCUT2D eigenvalue weighted by Crippen LogP contribution is 2.27. The fourth-order valence-electron chi connectivity index (χ4n) is 2.87. The average molecular weight is 467 g/mol. The van der Waals surface area contributed by atoms with E-state index in [4.69, 9.17) is 22.1 Å². The minimum absolute atomic E-state index is 0. The summed E-state index contributed by atoms with van der Waals surface area (Å²) in [6.45, 7) is 7.54. The van der Waals surface area contributed by atoms with Crippen molar-refractivity contribution >= 4 is 47.2 Å². The van der Waals surface area contributed by atoms with E-state index in [9.17, 15) is 0 Å². The van der Waals surface area contributed by atoms with E-state index < -0.39 is 0 Å². The molecule has 136 valence electrons. The van der Waals surface area contributed by atoms with Gasteiger partial charge in [0.2, 0.25) is 0 Å². The van der Waals surface area contributed by atoms with Crippen molar-refractivity contribution < 1.29 is 4.74 Å². The first kappa shape index (κ1) is 21.3. The number of halogens is 2. The van der Waals surface area contributed by atoms with E-state index in [1.54, 1.807) is 19.2 Å². The fourth-order valence-corrected chi connectivity index (χ4v) is 3.13. The molecular formula is C17H28ClIN4O. The Labute approximate surface area is 167 Å². The Bertz CT molecular complexity index is 553. The van der Waals surface area contributed by atoms with Gasteiger partial charge in [0.25, 0.3) is 0 Å². The third kappa shape index (κ3) is 6.29. The average Bonchev–Trinajstić information content (AvgIpc) is 2.53. The lowest BCUT2D eigenvalue weighted by molar-refractivity contribution is 0.143. The third-order valence-corrected chi connectivity index (χ3v) is 4.52. The lowest BCUT2D eigenvalue weighted by Gasteiger charge is -2.34. The lowest BCUT2D eigenvalue weighted by atomic mass is 9.97. The zero-order valence-corrected chi connectivity index (χ0v) is 17.7. The van der Waals surface area contributed by atoms with Crippen LogP contribution in [-0.4, -0.2) is 43.6 Å². The molecule has 1 aromatic rings. The maximum atomic E-state index is 6.11. The summed E-state index contributed by atoms with van der Waals surface area (Å²) in [5.74, 6) is 1.64. The molecule has 1 aromatic carbocycles. The number of piperidine rings is 1. The van der Waals surface area contributed by atoms with Gasteiger partial charge < -0.3 is 20.7 Å². The first-order valence-corrected chi connectivity index (χ1v) is 8.52. The van der Waals surface area contributed by atoms with Crippen LogP contribution in [0.2, 0.25) is 5.02 Å². The summed E-state index contributed by atoms with van der Waals surface area (Å²) in [6, 6.07) is 6.05. The van der Waals surface area contributed by atoms with Gasteiger partial charge in [0, 0.05) is 24.8 Å². The number of likely N-dealkylation sites (tertiary alicyclic amines) is 1. The number of guanidine groups is 1. The molecule has 5 nitrogen and oxygen atoms in total. The number of aliphatic imine (C=N–C) groups is 1. The van der Waals surface area contributed by atoms with E-state index in [0.29, 0.717) is 28.7 Å². The Hall–Kier alpha value is -0.730. The zero-order valence-electron chi connectivity index (χ0n) is 14.6.